The molecule has 35 heavy (non-hydrogen) atoms. The summed E-state index contributed by atoms with van der Waals surface area (Å²) in [4.78, 5) is 6.74. The van der Waals surface area contributed by atoms with Crippen molar-refractivity contribution in [1.82, 2.24) is 15.5 Å². The van der Waals surface area contributed by atoms with E-state index in [9.17, 15) is 0 Å². The fourth-order valence-corrected chi connectivity index (χ4v) is 4.76. The Hall–Kier alpha value is -4.17. The lowest BCUT2D eigenvalue weighted by Gasteiger charge is -2.37. The number of aryl methyl sites for hydroxylation is 1. The lowest BCUT2D eigenvalue weighted by atomic mass is 9.94. The molecule has 0 bridgehead atoms. The van der Waals surface area contributed by atoms with Crippen molar-refractivity contribution < 1.29 is 14.0 Å². The van der Waals surface area contributed by atoms with Gasteiger partial charge in [-0.25, -0.2) is 0 Å². The summed E-state index contributed by atoms with van der Waals surface area (Å²) in [6, 6.07) is 23.7. The van der Waals surface area contributed by atoms with Crippen LogP contribution >= 0.6 is 12.2 Å². The van der Waals surface area contributed by atoms with Gasteiger partial charge in [-0.1, -0.05) is 65.3 Å². The third-order valence-electron chi connectivity index (χ3n) is 6.20. The monoisotopic (exact) mass is 482 g/mol. The van der Waals surface area contributed by atoms with E-state index < -0.39 is 0 Å². The normalized spacial score (nSPS) is 17.0. The van der Waals surface area contributed by atoms with Gasteiger partial charge in [-0.2, -0.15) is 4.98 Å². The second kappa shape index (κ2) is 8.56. The molecule has 8 heteroatoms. The molecule has 1 N–H and O–H groups in total. The van der Waals surface area contributed by atoms with Crippen LogP contribution in [0, 0.1) is 6.92 Å². The van der Waals surface area contributed by atoms with Gasteiger partial charge in [0.15, 0.2) is 16.6 Å². The first-order valence-electron chi connectivity index (χ1n) is 11.3. The summed E-state index contributed by atoms with van der Waals surface area (Å²) in [7, 11) is 0. The van der Waals surface area contributed by atoms with Crippen LogP contribution in [0.1, 0.15) is 30.0 Å². The van der Waals surface area contributed by atoms with Crippen LogP contribution in [0.2, 0.25) is 0 Å². The van der Waals surface area contributed by atoms with Gasteiger partial charge in [0, 0.05) is 17.3 Å². The predicted octanol–water partition coefficient (Wildman–Crippen LogP) is 5.64. The number of anilines is 1. The van der Waals surface area contributed by atoms with Gasteiger partial charge in [-0.15, -0.1) is 0 Å². The van der Waals surface area contributed by atoms with Gasteiger partial charge in [0.25, 0.3) is 5.89 Å². The van der Waals surface area contributed by atoms with Gasteiger partial charge in [0.05, 0.1) is 17.3 Å². The molecule has 0 amide bonds. The van der Waals surface area contributed by atoms with E-state index in [1.54, 1.807) is 0 Å². The van der Waals surface area contributed by atoms with Crippen LogP contribution in [-0.4, -0.2) is 22.0 Å². The number of nitrogens with one attached hydrogen (secondary N) is 1. The first-order chi connectivity index (χ1) is 17.1. The number of ether oxygens (including phenoxy) is 2. The Labute approximate surface area is 208 Å². The maximum atomic E-state index is 5.83. The highest BCUT2D eigenvalue weighted by Gasteiger charge is 2.35. The van der Waals surface area contributed by atoms with Gasteiger partial charge in [-0.3, -0.25) is 4.90 Å². The number of hydrogen-bond donors (Lipinski definition) is 1. The number of nitrogens with zero attached hydrogens (tertiary/aromatic N) is 3. The molecule has 0 fully saturated rings. The molecule has 1 unspecified atom stereocenters. The summed E-state index contributed by atoms with van der Waals surface area (Å²) in [5.74, 6) is 2.38. The first-order valence-corrected chi connectivity index (χ1v) is 11.7. The number of benzene rings is 3. The zero-order chi connectivity index (χ0) is 23.9. The van der Waals surface area contributed by atoms with E-state index in [-0.39, 0.29) is 12.8 Å². The Morgan fingerprint density at radius 3 is 2.51 bits per heavy atom. The van der Waals surface area contributed by atoms with Crippen molar-refractivity contribution in [1.29, 1.82) is 0 Å². The Morgan fingerprint density at radius 2 is 1.71 bits per heavy atom. The minimum atomic E-state index is -0.250. The fourth-order valence-electron chi connectivity index (χ4n) is 4.40. The molecule has 1 atom stereocenters. The molecule has 6 rings (SSSR count). The van der Waals surface area contributed by atoms with Gasteiger partial charge in [-0.05, 0) is 43.8 Å². The van der Waals surface area contributed by atoms with Crippen LogP contribution in [0.25, 0.3) is 17.0 Å². The van der Waals surface area contributed by atoms with Crippen molar-refractivity contribution >= 4 is 28.6 Å². The SMILES string of the molecule is CC1=C(c2nc(-c3ccc(C)cc3)no2)C(c2ccccc2)NC(=S)N1c1ccc2c(c1)OCO2. The number of aromatic nitrogens is 2. The predicted molar refractivity (Wildman–Crippen MR) is 137 cm³/mol. The third-order valence-corrected chi connectivity index (χ3v) is 6.50. The van der Waals surface area contributed by atoms with E-state index in [1.807, 2.05) is 79.4 Å². The average molecular weight is 483 g/mol. The van der Waals surface area contributed by atoms with Crippen molar-refractivity contribution in [2.75, 3.05) is 11.7 Å². The van der Waals surface area contributed by atoms with E-state index in [2.05, 4.69) is 22.6 Å². The highest BCUT2D eigenvalue weighted by Crippen LogP contribution is 2.42. The molecular weight excluding hydrogens is 460 g/mol. The molecule has 2 aliphatic heterocycles. The molecule has 1 aromatic heterocycles. The van der Waals surface area contributed by atoms with E-state index in [1.165, 1.54) is 5.56 Å². The summed E-state index contributed by atoms with van der Waals surface area (Å²) >= 11 is 5.83. The summed E-state index contributed by atoms with van der Waals surface area (Å²) in [5.41, 5.74) is 5.71. The molecule has 3 aromatic carbocycles. The third kappa shape index (κ3) is 3.81. The molecule has 0 saturated carbocycles. The Balaban J connectivity index is 1.48. The van der Waals surface area contributed by atoms with E-state index in [0.29, 0.717) is 28.3 Å². The molecule has 174 valence electrons. The zero-order valence-corrected chi connectivity index (χ0v) is 20.0. The molecular formula is C27H22N4O3S. The summed E-state index contributed by atoms with van der Waals surface area (Å²) in [6.07, 6.45) is 0. The molecule has 0 radical (unpaired) electrons. The lowest BCUT2D eigenvalue weighted by molar-refractivity contribution is 0.174. The maximum Gasteiger partial charge on any atom is 0.258 e. The van der Waals surface area contributed by atoms with Crippen LogP contribution in [0.4, 0.5) is 5.69 Å². The van der Waals surface area contributed by atoms with Crippen LogP contribution in [0.5, 0.6) is 11.5 Å². The molecule has 3 heterocycles. The second-order valence-electron chi connectivity index (χ2n) is 8.45. The Morgan fingerprint density at radius 1 is 0.943 bits per heavy atom. The summed E-state index contributed by atoms with van der Waals surface area (Å²) in [6.45, 7) is 4.27. The van der Waals surface area contributed by atoms with Gasteiger partial charge in [0.2, 0.25) is 12.6 Å². The minimum Gasteiger partial charge on any atom is -0.454 e. The average Bonchev–Trinajstić information content (AvgIpc) is 3.54. The molecule has 0 saturated heterocycles. The summed E-state index contributed by atoms with van der Waals surface area (Å²) in [5, 5.41) is 8.33. The number of fused-ring (bicyclic) bond motifs is 1. The zero-order valence-electron chi connectivity index (χ0n) is 19.2. The standard InChI is InChI=1S/C27H22N4O3S/c1-16-8-10-19(11-9-16)25-29-26(34-30-25)23-17(2)31(20-12-13-21-22(14-20)33-15-32-21)27(35)28-24(23)18-6-4-3-5-7-18/h3-14,24H,15H2,1-2H3,(H,28,35). The van der Waals surface area contributed by atoms with Gasteiger partial charge >= 0.3 is 0 Å². The van der Waals surface area contributed by atoms with E-state index >= 15 is 0 Å². The lowest BCUT2D eigenvalue weighted by Crippen LogP contribution is -2.46. The number of rotatable bonds is 4. The molecule has 0 spiro atoms. The van der Waals surface area contributed by atoms with Crippen LogP contribution in [0.3, 0.4) is 0 Å². The van der Waals surface area contributed by atoms with Crippen LogP contribution in [-0.2, 0) is 0 Å². The van der Waals surface area contributed by atoms with Crippen LogP contribution in [0.15, 0.2) is 83.0 Å². The van der Waals surface area contributed by atoms with Crippen molar-refractivity contribution in [3.05, 3.63) is 95.5 Å². The fraction of sp³-hybridized carbons (Fsp3) is 0.148. The second-order valence-corrected chi connectivity index (χ2v) is 8.84. The summed E-state index contributed by atoms with van der Waals surface area (Å²) < 4.78 is 16.9. The quantitative estimate of drug-likeness (QED) is 0.375. The topological polar surface area (TPSA) is 72.7 Å². The van der Waals surface area contributed by atoms with Crippen molar-refractivity contribution in [3.63, 3.8) is 0 Å². The first kappa shape index (κ1) is 21.4. The Bertz CT molecular complexity index is 1450. The highest BCUT2D eigenvalue weighted by molar-refractivity contribution is 7.80. The van der Waals surface area contributed by atoms with Crippen LogP contribution < -0.4 is 19.7 Å². The van der Waals surface area contributed by atoms with E-state index in [4.69, 9.17) is 31.2 Å². The van der Waals surface area contributed by atoms with Gasteiger partial charge in [0.1, 0.15) is 0 Å². The highest BCUT2D eigenvalue weighted by atomic mass is 32.1. The maximum absolute atomic E-state index is 5.83. The smallest absolute Gasteiger partial charge is 0.258 e. The number of thiocarbonyl (C=S) groups is 1. The number of hydrogen-bond acceptors (Lipinski definition) is 6. The molecule has 2 aliphatic rings. The molecule has 4 aromatic rings. The largest absolute Gasteiger partial charge is 0.454 e. The molecule has 7 nitrogen and oxygen atoms in total. The van der Waals surface area contributed by atoms with E-state index in [0.717, 1.165) is 28.1 Å². The van der Waals surface area contributed by atoms with Crippen molar-refractivity contribution in [2.45, 2.75) is 19.9 Å². The Kier molecular flexibility index (Phi) is 5.22. The molecule has 0 aliphatic carbocycles. The number of allylic oxidation sites excluding steroid dienone is 1. The van der Waals surface area contributed by atoms with Crippen molar-refractivity contribution in [3.8, 4) is 22.9 Å². The van der Waals surface area contributed by atoms with Crippen molar-refractivity contribution in [2.24, 2.45) is 0 Å². The minimum absolute atomic E-state index is 0.210. The van der Waals surface area contributed by atoms with Gasteiger partial charge < -0.3 is 19.3 Å².